The summed E-state index contributed by atoms with van der Waals surface area (Å²) in [6.07, 6.45) is 28.1. The zero-order valence-corrected chi connectivity index (χ0v) is 67.9. The van der Waals surface area contributed by atoms with Crippen LogP contribution in [0.2, 0.25) is 0 Å². The molecule has 2 unspecified atom stereocenters. The zero-order chi connectivity index (χ0) is 77.0. The molecule has 6 amide bonds. The van der Waals surface area contributed by atoms with Gasteiger partial charge >= 0.3 is 0 Å². The van der Waals surface area contributed by atoms with Crippen molar-refractivity contribution in [1.82, 2.24) is 60.0 Å². The maximum atomic E-state index is 11.9. The summed E-state index contributed by atoms with van der Waals surface area (Å²) >= 11 is 0. The minimum absolute atomic E-state index is 0.0540. The molecule has 0 radical (unpaired) electrons. The molecule has 102 heavy (non-hydrogen) atoms. The third-order valence-corrected chi connectivity index (χ3v) is 20.0. The quantitative estimate of drug-likeness (QED) is 0.134. The van der Waals surface area contributed by atoms with E-state index in [-0.39, 0.29) is 57.6 Å². The van der Waals surface area contributed by atoms with Crippen molar-refractivity contribution in [1.29, 1.82) is 0 Å². The summed E-state index contributed by atoms with van der Waals surface area (Å²) in [6, 6.07) is 14.2. The molecular weight excluding hydrogens is 1270 g/mol. The fraction of sp³-hybridized carbons (Fsp3) is 0.714. The van der Waals surface area contributed by atoms with E-state index in [0.717, 1.165) is 143 Å². The number of likely N-dealkylation sites (N-methyl/N-ethyl adjacent to an activating group) is 2. The third kappa shape index (κ3) is 36.8. The van der Waals surface area contributed by atoms with Crippen LogP contribution in [0.3, 0.4) is 0 Å². The van der Waals surface area contributed by atoms with E-state index in [0.29, 0.717) is 48.3 Å². The van der Waals surface area contributed by atoms with Crippen LogP contribution < -0.4 is 16.0 Å². The molecule has 6 fully saturated rings. The first-order valence-electron chi connectivity index (χ1n) is 38.9. The topological polar surface area (TPSA) is 168 Å². The predicted octanol–water partition coefficient (Wildman–Crippen LogP) is 13.1. The van der Waals surface area contributed by atoms with Gasteiger partial charge in [-0.3, -0.25) is 43.5 Å². The molecule has 1 aromatic carbocycles. The molecule has 0 aliphatic carbocycles. The maximum Gasteiger partial charge on any atom is 0.246 e. The second-order valence-corrected chi connectivity index (χ2v) is 33.5. The van der Waals surface area contributed by atoms with Gasteiger partial charge in [-0.15, -0.1) is 0 Å². The van der Waals surface area contributed by atoms with Crippen molar-refractivity contribution in [3.63, 3.8) is 0 Å². The normalized spacial score (nSPS) is 21.8. The van der Waals surface area contributed by atoms with E-state index < -0.39 is 0 Å². The van der Waals surface area contributed by atoms with Crippen molar-refractivity contribution in [3.8, 4) is 0 Å². The number of carbonyl (C=O) groups excluding carboxylic acids is 6. The first-order chi connectivity index (χ1) is 47.8. The number of piperidine rings is 1. The van der Waals surface area contributed by atoms with Crippen molar-refractivity contribution in [2.24, 2.45) is 0 Å². The number of likely N-dealkylation sites (tertiary alicyclic amines) is 6. The van der Waals surface area contributed by atoms with Gasteiger partial charge in [-0.05, 0) is 230 Å². The second kappa shape index (κ2) is 46.9. The van der Waals surface area contributed by atoms with Crippen LogP contribution in [0.15, 0.2) is 106 Å². The van der Waals surface area contributed by atoms with Gasteiger partial charge in [-0.2, -0.15) is 0 Å². The van der Waals surface area contributed by atoms with Gasteiger partial charge in [0.15, 0.2) is 0 Å². The number of hydrogen-bond acceptors (Lipinski definition) is 12. The molecule has 0 saturated carbocycles. The summed E-state index contributed by atoms with van der Waals surface area (Å²) in [6.45, 7) is 67.6. The van der Waals surface area contributed by atoms with Crippen molar-refractivity contribution in [2.75, 3.05) is 92.6 Å². The molecule has 18 nitrogen and oxygen atoms in total. The summed E-state index contributed by atoms with van der Waals surface area (Å²) in [5.74, 6) is 0.374. The van der Waals surface area contributed by atoms with Crippen LogP contribution in [-0.2, 0) is 35.3 Å². The Morgan fingerprint density at radius 1 is 0.412 bits per heavy atom. The van der Waals surface area contributed by atoms with E-state index >= 15 is 0 Å². The highest BCUT2D eigenvalue weighted by Crippen LogP contribution is 2.28. The fourth-order valence-electron chi connectivity index (χ4n) is 14.2. The molecule has 0 bridgehead atoms. The van der Waals surface area contributed by atoms with Crippen molar-refractivity contribution < 1.29 is 28.8 Å². The Balaban J connectivity index is 0.000000418. The van der Waals surface area contributed by atoms with Gasteiger partial charge in [0.05, 0.1) is 0 Å². The van der Waals surface area contributed by atoms with Crippen LogP contribution in [-0.4, -0.2) is 243 Å². The minimum atomic E-state index is 0.0540. The van der Waals surface area contributed by atoms with E-state index in [9.17, 15) is 28.8 Å². The minimum Gasteiger partial charge on any atom is -0.338 e. The number of nitrogens with one attached hydrogen (secondary N) is 3. The predicted molar refractivity (Wildman–Crippen MR) is 428 cm³/mol. The van der Waals surface area contributed by atoms with E-state index in [2.05, 4.69) is 225 Å². The molecule has 18 heteroatoms. The lowest BCUT2D eigenvalue weighted by atomic mass is 9.96. The molecule has 0 aromatic heterocycles. The number of nitrogens with zero attached hydrogens (tertiary/aromatic N) is 9. The Kier molecular flexibility index (Phi) is 42.5. The molecule has 6 aliphatic rings. The summed E-state index contributed by atoms with van der Waals surface area (Å²) < 4.78 is 0. The molecule has 6 aliphatic heterocycles. The lowest BCUT2D eigenvalue weighted by molar-refractivity contribution is -0.129. The van der Waals surface area contributed by atoms with Crippen LogP contribution in [0.5, 0.6) is 0 Å². The molecule has 7 rings (SSSR count). The van der Waals surface area contributed by atoms with Crippen molar-refractivity contribution >= 4 is 35.4 Å². The number of carbonyl (C=O) groups is 6. The molecule has 580 valence electrons. The van der Waals surface area contributed by atoms with Gasteiger partial charge in [0, 0.05) is 156 Å². The van der Waals surface area contributed by atoms with E-state index in [1.807, 2.05) is 29.4 Å². The van der Waals surface area contributed by atoms with Crippen LogP contribution >= 0.6 is 0 Å². The summed E-state index contributed by atoms with van der Waals surface area (Å²) in [5.41, 5.74) is 1.76. The summed E-state index contributed by atoms with van der Waals surface area (Å²) in [7, 11) is 4.31. The van der Waals surface area contributed by atoms with E-state index in [4.69, 9.17) is 0 Å². The van der Waals surface area contributed by atoms with Crippen LogP contribution in [0, 0.1) is 0 Å². The van der Waals surface area contributed by atoms with Crippen molar-refractivity contribution in [2.45, 2.75) is 297 Å². The Labute approximate surface area is 622 Å². The molecule has 1 aromatic rings. The van der Waals surface area contributed by atoms with Crippen LogP contribution in [0.4, 0.5) is 0 Å². The SMILES string of the molecule is C=CC(=O)N1CCCCC(N(C)C(C)C)C1.C=CC(=O)N1CCCCC(NC(C)C)C1.C=CC(=O)N1CCCC[C@@H](N(C)C(C)(C)C)C1.C=CC(=O)N1CCCC[C@@H](NC(C)(C)C)C1.C=CC(=O)N1CCCC[C@H](NC(C)(C)C)C1.C=CC(=O)N1CCC[C@@H](N(Cc2ccccc2)C(C)(C)C)C1. The molecule has 6 saturated heterocycles. The van der Waals surface area contributed by atoms with Crippen molar-refractivity contribution in [3.05, 3.63) is 112 Å². The van der Waals surface area contributed by atoms with E-state index in [1.165, 1.54) is 93.4 Å². The standard InChI is InChI=1S/C19H28N2O.C14H26N2O.3C13H24N2O.C12H22N2O/c1-5-18(22)20-13-9-12-17(15-20)21(19(2,3)4)14-16-10-7-6-8-11-16;1-6-13(17)16-10-8-7-9-12(11-16)15(5)14(2,3)4;2*1-5-12(16)15-9-7-6-8-11(10-15)14-13(2,3)4;1-5-13(16)15-9-7-6-8-12(10-15)14(4)11(2)3;1-4-12(15)14-8-6-5-7-11(9-14)13-10(2)3/h5-8,10-11,17H,1,9,12-15H2,2-4H3;6,12H,1,7-11H2,2-5H3;2*5,11,14H,1,6-10H2,2-4H3;5,11-12H,1,6-10H2,2-4H3;4,10-11,13H,1,5-9H2,2-3H3/t17-;12-;2*11-;;/m1110../s1. The Bertz CT molecular complexity index is 2630. The maximum absolute atomic E-state index is 11.9. The van der Waals surface area contributed by atoms with Crippen LogP contribution in [0.1, 0.15) is 225 Å². The number of amides is 6. The molecule has 6 heterocycles. The number of rotatable bonds is 16. The second-order valence-electron chi connectivity index (χ2n) is 33.5. The number of hydrogen-bond donors (Lipinski definition) is 3. The van der Waals surface area contributed by atoms with Crippen LogP contribution in [0.25, 0.3) is 0 Å². The third-order valence-electron chi connectivity index (χ3n) is 20.0. The Hall–Kier alpha value is -5.76. The highest BCUT2D eigenvalue weighted by atomic mass is 16.2. The summed E-state index contributed by atoms with van der Waals surface area (Å²) in [4.78, 5) is 88.9. The lowest BCUT2D eigenvalue weighted by Crippen LogP contribution is -2.55. The average molecular weight is 1420 g/mol. The van der Waals surface area contributed by atoms with Gasteiger partial charge in [0.25, 0.3) is 0 Å². The lowest BCUT2D eigenvalue weighted by Gasteiger charge is -2.45. The van der Waals surface area contributed by atoms with Gasteiger partial charge in [0.2, 0.25) is 35.4 Å². The fourth-order valence-corrected chi connectivity index (χ4v) is 14.2. The highest BCUT2D eigenvalue weighted by molar-refractivity contribution is 5.89. The largest absolute Gasteiger partial charge is 0.338 e. The van der Waals surface area contributed by atoms with Gasteiger partial charge < -0.3 is 45.3 Å². The number of benzene rings is 1. The zero-order valence-electron chi connectivity index (χ0n) is 67.9. The van der Waals surface area contributed by atoms with E-state index in [1.54, 1.807) is 0 Å². The molecule has 3 N–H and O–H groups in total. The molecule has 0 spiro atoms. The summed E-state index contributed by atoms with van der Waals surface area (Å²) in [5, 5.41) is 10.7. The molecule has 6 atom stereocenters. The monoisotopic (exact) mass is 1420 g/mol. The first-order valence-corrected chi connectivity index (χ1v) is 38.9. The van der Waals surface area contributed by atoms with Gasteiger partial charge in [0.1, 0.15) is 0 Å². The first kappa shape index (κ1) is 92.3. The Morgan fingerprint density at radius 3 is 1.05 bits per heavy atom. The Morgan fingerprint density at radius 2 is 0.716 bits per heavy atom. The van der Waals surface area contributed by atoms with Gasteiger partial charge in [-0.25, -0.2) is 0 Å². The average Bonchev–Trinajstić information content (AvgIpc) is 0.959. The van der Waals surface area contributed by atoms with Gasteiger partial charge in [-0.1, -0.05) is 116 Å². The highest BCUT2D eigenvalue weighted by Gasteiger charge is 2.35. The smallest absolute Gasteiger partial charge is 0.246 e. The molecular formula is C84H148N12O6.